The van der Waals surface area contributed by atoms with Gasteiger partial charge in [-0.15, -0.1) is 0 Å². The van der Waals surface area contributed by atoms with Gasteiger partial charge in [0.1, 0.15) is 12.6 Å². The Kier molecular flexibility index (Phi) is 10.7. The summed E-state index contributed by atoms with van der Waals surface area (Å²) in [6.45, 7) is 5.12. The Morgan fingerprint density at radius 2 is 1.62 bits per heavy atom. The molecule has 0 heterocycles. The van der Waals surface area contributed by atoms with Crippen molar-refractivity contribution in [1.82, 2.24) is 10.2 Å². The van der Waals surface area contributed by atoms with Gasteiger partial charge in [0.15, 0.2) is 0 Å². The van der Waals surface area contributed by atoms with E-state index in [0.717, 1.165) is 9.87 Å². The smallest absolute Gasteiger partial charge is 0.264 e. The second-order valence-corrected chi connectivity index (χ2v) is 11.9. The average molecular weight is 611 g/mol. The molecule has 0 aliphatic heterocycles. The molecule has 39 heavy (non-hydrogen) atoms. The maximum absolute atomic E-state index is 14.0. The molecule has 0 fully saturated rings. The predicted octanol–water partition coefficient (Wildman–Crippen LogP) is 6.09. The van der Waals surface area contributed by atoms with Crippen molar-refractivity contribution in [2.75, 3.05) is 17.4 Å². The molecule has 2 amide bonds. The number of anilines is 1. The lowest BCUT2D eigenvalue weighted by Gasteiger charge is -2.33. The van der Waals surface area contributed by atoms with Crippen molar-refractivity contribution in [1.29, 1.82) is 0 Å². The summed E-state index contributed by atoms with van der Waals surface area (Å²) in [5.41, 5.74) is 1.54. The van der Waals surface area contributed by atoms with Crippen molar-refractivity contribution in [3.05, 3.63) is 92.9 Å². The molecular weight excluding hydrogens is 581 g/mol. The van der Waals surface area contributed by atoms with Gasteiger partial charge in [-0.1, -0.05) is 72.1 Å². The molecule has 0 radical (unpaired) electrons. The van der Waals surface area contributed by atoms with Crippen LogP contribution in [0.5, 0.6) is 0 Å². The van der Waals surface area contributed by atoms with Crippen LogP contribution < -0.4 is 9.62 Å². The molecule has 11 heteroatoms. The van der Waals surface area contributed by atoms with Crippen LogP contribution in [-0.4, -0.2) is 44.3 Å². The summed E-state index contributed by atoms with van der Waals surface area (Å²) in [4.78, 5) is 28.3. The van der Waals surface area contributed by atoms with E-state index in [-0.39, 0.29) is 23.0 Å². The highest BCUT2D eigenvalue weighted by Crippen LogP contribution is 2.29. The first kappa shape index (κ1) is 30.8. The van der Waals surface area contributed by atoms with Gasteiger partial charge in [0.05, 0.1) is 10.6 Å². The second kappa shape index (κ2) is 13.5. The van der Waals surface area contributed by atoms with Gasteiger partial charge in [-0.3, -0.25) is 13.9 Å². The number of carbonyl (C=O) groups is 2. The van der Waals surface area contributed by atoms with E-state index >= 15 is 0 Å². The lowest BCUT2D eigenvalue weighted by Crippen LogP contribution is -2.52. The Labute approximate surface area is 244 Å². The Hall–Kier alpha value is -2.78. The summed E-state index contributed by atoms with van der Waals surface area (Å²) in [6, 6.07) is 16.6. The van der Waals surface area contributed by atoms with E-state index in [2.05, 4.69) is 5.32 Å². The summed E-state index contributed by atoms with van der Waals surface area (Å²) in [6.07, 6.45) is 0.296. The summed E-state index contributed by atoms with van der Waals surface area (Å²) >= 11 is 18.8. The summed E-state index contributed by atoms with van der Waals surface area (Å²) in [7, 11) is -4.18. The number of nitrogens with zero attached hydrogens (tertiary/aromatic N) is 2. The van der Waals surface area contributed by atoms with Crippen molar-refractivity contribution >= 4 is 62.3 Å². The third-order valence-corrected chi connectivity index (χ3v) is 8.93. The molecule has 7 nitrogen and oxygen atoms in total. The Morgan fingerprint density at radius 3 is 2.21 bits per heavy atom. The standard InChI is InChI=1S/C28H30Cl3N3O4S/c1-4-26(28(36)32-5-2)33(17-20-12-13-21(29)15-25(20)31)27(35)18-34(22-14-11-19(3)24(30)16-22)39(37,38)23-9-7-6-8-10-23/h6-16,26H,4-5,17-18H2,1-3H3,(H,32,36)/t26-/m0/s1. The summed E-state index contributed by atoms with van der Waals surface area (Å²) in [5.74, 6) is -0.940. The zero-order valence-corrected chi connectivity index (χ0v) is 24.9. The first-order valence-electron chi connectivity index (χ1n) is 12.3. The van der Waals surface area contributed by atoms with Crippen LogP contribution in [0.25, 0.3) is 0 Å². The molecule has 1 atom stereocenters. The maximum atomic E-state index is 14.0. The van der Waals surface area contributed by atoms with Crippen LogP contribution in [0, 0.1) is 6.92 Å². The molecule has 0 aliphatic carbocycles. The van der Waals surface area contributed by atoms with Gasteiger partial charge in [-0.25, -0.2) is 8.42 Å². The van der Waals surface area contributed by atoms with Gasteiger partial charge >= 0.3 is 0 Å². The van der Waals surface area contributed by atoms with Crippen LogP contribution >= 0.6 is 34.8 Å². The minimum absolute atomic E-state index is 0.0116. The van der Waals surface area contributed by atoms with Gasteiger partial charge in [-0.2, -0.15) is 0 Å². The van der Waals surface area contributed by atoms with Gasteiger partial charge < -0.3 is 10.2 Å². The van der Waals surface area contributed by atoms with Crippen LogP contribution in [-0.2, 0) is 26.2 Å². The normalized spacial score (nSPS) is 12.1. The molecule has 208 valence electrons. The first-order valence-corrected chi connectivity index (χ1v) is 14.9. The number of amides is 2. The van der Waals surface area contributed by atoms with Crippen LogP contribution in [0.2, 0.25) is 15.1 Å². The van der Waals surface area contributed by atoms with Gasteiger partial charge in [-0.05, 0) is 67.8 Å². The Morgan fingerprint density at radius 1 is 0.923 bits per heavy atom. The van der Waals surface area contributed by atoms with Crippen LogP contribution in [0.4, 0.5) is 5.69 Å². The van der Waals surface area contributed by atoms with E-state index in [9.17, 15) is 18.0 Å². The van der Waals surface area contributed by atoms with E-state index < -0.39 is 28.5 Å². The van der Waals surface area contributed by atoms with Crippen LogP contribution in [0.1, 0.15) is 31.4 Å². The van der Waals surface area contributed by atoms with Crippen molar-refractivity contribution in [3.8, 4) is 0 Å². The molecule has 0 aromatic heterocycles. The topological polar surface area (TPSA) is 86.8 Å². The number of hydrogen-bond donors (Lipinski definition) is 1. The number of carbonyl (C=O) groups excluding carboxylic acids is 2. The molecule has 3 rings (SSSR count). The molecule has 0 saturated carbocycles. The fourth-order valence-electron chi connectivity index (χ4n) is 4.03. The number of sulfonamides is 1. The quantitative estimate of drug-likeness (QED) is 0.285. The number of halogens is 3. The predicted molar refractivity (Wildman–Crippen MR) is 157 cm³/mol. The number of rotatable bonds is 11. The monoisotopic (exact) mass is 609 g/mol. The molecular formula is C28H30Cl3N3O4S. The molecule has 0 saturated heterocycles. The fourth-order valence-corrected chi connectivity index (χ4v) is 6.10. The minimum atomic E-state index is -4.18. The first-order chi connectivity index (χ1) is 18.5. The number of hydrogen-bond acceptors (Lipinski definition) is 4. The SMILES string of the molecule is CCNC(=O)[C@H](CC)N(Cc1ccc(Cl)cc1Cl)C(=O)CN(c1ccc(C)c(Cl)c1)S(=O)(=O)c1ccccc1. The lowest BCUT2D eigenvalue weighted by atomic mass is 10.1. The minimum Gasteiger partial charge on any atom is -0.355 e. The Balaban J connectivity index is 2.09. The summed E-state index contributed by atoms with van der Waals surface area (Å²) in [5, 5.41) is 3.86. The van der Waals surface area contributed by atoms with E-state index in [0.29, 0.717) is 33.6 Å². The third-order valence-electron chi connectivity index (χ3n) is 6.15. The Bertz CT molecular complexity index is 1440. The number of aryl methyl sites for hydroxylation is 1. The van der Waals surface area contributed by atoms with E-state index in [1.54, 1.807) is 69.3 Å². The molecule has 0 unspecified atom stereocenters. The number of benzene rings is 3. The van der Waals surface area contributed by atoms with E-state index in [1.807, 2.05) is 0 Å². The molecule has 1 N–H and O–H groups in total. The molecule has 0 spiro atoms. The highest BCUT2D eigenvalue weighted by atomic mass is 35.5. The largest absolute Gasteiger partial charge is 0.355 e. The van der Waals surface area contributed by atoms with Crippen LogP contribution in [0.15, 0.2) is 71.6 Å². The van der Waals surface area contributed by atoms with E-state index in [1.165, 1.54) is 23.1 Å². The second-order valence-electron chi connectivity index (χ2n) is 8.83. The maximum Gasteiger partial charge on any atom is 0.264 e. The lowest BCUT2D eigenvalue weighted by molar-refractivity contribution is -0.140. The highest BCUT2D eigenvalue weighted by Gasteiger charge is 2.34. The zero-order valence-electron chi connectivity index (χ0n) is 21.8. The van der Waals surface area contributed by atoms with Gasteiger partial charge in [0, 0.05) is 28.2 Å². The summed E-state index contributed by atoms with van der Waals surface area (Å²) < 4.78 is 28.6. The number of likely N-dealkylation sites (N-methyl/N-ethyl adjacent to an activating group) is 1. The van der Waals surface area contributed by atoms with Gasteiger partial charge in [0.25, 0.3) is 10.0 Å². The van der Waals surface area contributed by atoms with Gasteiger partial charge in [0.2, 0.25) is 11.8 Å². The number of nitrogens with one attached hydrogen (secondary N) is 1. The molecule has 3 aromatic rings. The van der Waals surface area contributed by atoms with Crippen LogP contribution in [0.3, 0.4) is 0 Å². The molecule has 0 bridgehead atoms. The third kappa shape index (κ3) is 7.45. The zero-order chi connectivity index (χ0) is 28.7. The van der Waals surface area contributed by atoms with Crippen molar-refractivity contribution in [3.63, 3.8) is 0 Å². The van der Waals surface area contributed by atoms with E-state index in [4.69, 9.17) is 34.8 Å². The average Bonchev–Trinajstić information content (AvgIpc) is 2.90. The molecule has 0 aliphatic rings. The van der Waals surface area contributed by atoms with Crippen molar-refractivity contribution in [2.45, 2.75) is 44.7 Å². The van der Waals surface area contributed by atoms with Crippen molar-refractivity contribution < 1.29 is 18.0 Å². The fraction of sp³-hybridized carbons (Fsp3) is 0.286. The highest BCUT2D eigenvalue weighted by molar-refractivity contribution is 7.92. The molecule has 3 aromatic carbocycles. The van der Waals surface area contributed by atoms with Crippen molar-refractivity contribution in [2.24, 2.45) is 0 Å².